The molecule has 18 heavy (non-hydrogen) atoms. The van der Waals surface area contributed by atoms with E-state index in [2.05, 4.69) is 5.43 Å². The van der Waals surface area contributed by atoms with Crippen LogP contribution in [0.2, 0.25) is 0 Å². The molecule has 1 rings (SSSR count). The van der Waals surface area contributed by atoms with Gasteiger partial charge in [0.1, 0.15) is 0 Å². The smallest absolute Gasteiger partial charge is 0.378 e. The topological polar surface area (TPSA) is 47.3 Å². The van der Waals surface area contributed by atoms with Crippen molar-refractivity contribution in [3.05, 3.63) is 0 Å². The van der Waals surface area contributed by atoms with E-state index in [1.54, 1.807) is 0 Å². The van der Waals surface area contributed by atoms with E-state index in [-0.39, 0.29) is 18.6 Å². The molecule has 1 aliphatic heterocycles. The van der Waals surface area contributed by atoms with Gasteiger partial charge in [-0.05, 0) is 44.9 Å². The fourth-order valence-electron chi connectivity index (χ4n) is 2.28. The fraction of sp³-hybridized carbons (Fsp3) is 1.00. The molecule has 0 bridgehead atoms. The molecule has 0 radical (unpaired) electrons. The molecule has 0 amide bonds. The van der Waals surface area contributed by atoms with Crippen LogP contribution in [0.15, 0.2) is 0 Å². The normalized spacial score (nSPS) is 23.0. The van der Waals surface area contributed by atoms with Crippen molar-refractivity contribution < 1.29 is 17.9 Å². The van der Waals surface area contributed by atoms with E-state index in [1.807, 2.05) is 0 Å². The number of rotatable bonds is 7. The van der Waals surface area contributed by atoms with Crippen molar-refractivity contribution in [2.75, 3.05) is 6.61 Å². The van der Waals surface area contributed by atoms with Crippen molar-refractivity contribution in [1.82, 2.24) is 5.43 Å². The Morgan fingerprint density at radius 1 is 1.28 bits per heavy atom. The number of nitrogens with two attached hydrogens (primary N) is 1. The van der Waals surface area contributed by atoms with Crippen LogP contribution < -0.4 is 11.3 Å². The molecule has 0 saturated carbocycles. The Morgan fingerprint density at radius 2 is 2.06 bits per heavy atom. The van der Waals surface area contributed by atoms with Gasteiger partial charge in [-0.2, -0.15) is 13.2 Å². The molecule has 0 aromatic carbocycles. The second-order valence-electron chi connectivity index (χ2n) is 4.94. The zero-order chi connectivity index (χ0) is 13.4. The second kappa shape index (κ2) is 7.96. The van der Waals surface area contributed by atoms with Crippen LogP contribution in [-0.2, 0) is 4.74 Å². The zero-order valence-electron chi connectivity index (χ0n) is 10.6. The first kappa shape index (κ1) is 15.7. The maximum atomic E-state index is 12.0. The molecule has 0 spiro atoms. The number of hydrogen-bond acceptors (Lipinski definition) is 3. The van der Waals surface area contributed by atoms with Crippen molar-refractivity contribution in [2.24, 2.45) is 5.84 Å². The predicted octanol–water partition coefficient (Wildman–Crippen LogP) is 2.90. The van der Waals surface area contributed by atoms with Crippen molar-refractivity contribution in [1.29, 1.82) is 0 Å². The highest BCUT2D eigenvalue weighted by Gasteiger charge is 2.26. The Bertz CT molecular complexity index is 218. The lowest BCUT2D eigenvalue weighted by molar-refractivity contribution is -0.135. The maximum absolute atomic E-state index is 12.0. The third-order valence-electron chi connectivity index (χ3n) is 3.36. The standard InChI is InChI=1S/C12H23F3N2O/c13-12(14,15)8-3-4-10(17-16)6-7-11-5-1-2-9-18-11/h10-11,17H,1-9,16H2. The van der Waals surface area contributed by atoms with E-state index in [9.17, 15) is 13.2 Å². The summed E-state index contributed by atoms with van der Waals surface area (Å²) in [7, 11) is 0. The molecule has 6 heteroatoms. The van der Waals surface area contributed by atoms with Crippen LogP contribution in [0.4, 0.5) is 13.2 Å². The summed E-state index contributed by atoms with van der Waals surface area (Å²) in [5.74, 6) is 5.37. The predicted molar refractivity (Wildman–Crippen MR) is 63.8 cm³/mol. The molecule has 1 aliphatic rings. The lowest BCUT2D eigenvalue weighted by Crippen LogP contribution is -2.36. The van der Waals surface area contributed by atoms with Crippen LogP contribution in [0.3, 0.4) is 0 Å². The van der Waals surface area contributed by atoms with Gasteiger partial charge in [-0.25, -0.2) is 0 Å². The molecular weight excluding hydrogens is 245 g/mol. The number of hydrazine groups is 1. The lowest BCUT2D eigenvalue weighted by Gasteiger charge is -2.24. The van der Waals surface area contributed by atoms with Gasteiger partial charge in [0, 0.05) is 19.1 Å². The molecule has 0 aliphatic carbocycles. The number of nitrogens with one attached hydrogen (secondary N) is 1. The van der Waals surface area contributed by atoms with Gasteiger partial charge < -0.3 is 4.74 Å². The highest BCUT2D eigenvalue weighted by atomic mass is 19.4. The molecule has 0 aromatic rings. The van der Waals surface area contributed by atoms with E-state index >= 15 is 0 Å². The molecule has 108 valence electrons. The molecular formula is C12H23F3N2O. The van der Waals surface area contributed by atoms with E-state index in [0.29, 0.717) is 6.42 Å². The highest BCUT2D eigenvalue weighted by molar-refractivity contribution is 4.70. The van der Waals surface area contributed by atoms with Gasteiger partial charge in [0.2, 0.25) is 0 Å². The molecule has 1 fully saturated rings. The Hall–Kier alpha value is -0.330. The maximum Gasteiger partial charge on any atom is 0.389 e. The molecule has 2 unspecified atom stereocenters. The average molecular weight is 268 g/mol. The largest absolute Gasteiger partial charge is 0.389 e. The minimum absolute atomic E-state index is 0.0436. The molecule has 1 heterocycles. The van der Waals surface area contributed by atoms with E-state index in [1.165, 1.54) is 6.42 Å². The Balaban J connectivity index is 2.12. The zero-order valence-corrected chi connectivity index (χ0v) is 10.6. The van der Waals surface area contributed by atoms with Crippen LogP contribution >= 0.6 is 0 Å². The summed E-state index contributed by atoms with van der Waals surface area (Å²) in [6.07, 6.45) is 1.06. The van der Waals surface area contributed by atoms with E-state index in [0.717, 1.165) is 32.3 Å². The summed E-state index contributed by atoms with van der Waals surface area (Å²) in [6, 6.07) is -0.0436. The minimum Gasteiger partial charge on any atom is -0.378 e. The van der Waals surface area contributed by atoms with Gasteiger partial charge in [0.15, 0.2) is 0 Å². The van der Waals surface area contributed by atoms with Crippen LogP contribution in [0, 0.1) is 0 Å². The van der Waals surface area contributed by atoms with Crippen LogP contribution in [0.25, 0.3) is 0 Å². The van der Waals surface area contributed by atoms with E-state index in [4.69, 9.17) is 10.6 Å². The number of halogens is 3. The Labute approximate surface area is 106 Å². The second-order valence-corrected chi connectivity index (χ2v) is 4.94. The molecule has 1 saturated heterocycles. The monoisotopic (exact) mass is 268 g/mol. The van der Waals surface area contributed by atoms with E-state index < -0.39 is 12.6 Å². The van der Waals surface area contributed by atoms with Gasteiger partial charge in [-0.1, -0.05) is 0 Å². The van der Waals surface area contributed by atoms with Crippen LogP contribution in [0.1, 0.15) is 51.4 Å². The summed E-state index contributed by atoms with van der Waals surface area (Å²) in [4.78, 5) is 0. The summed E-state index contributed by atoms with van der Waals surface area (Å²) >= 11 is 0. The third kappa shape index (κ3) is 7.18. The summed E-state index contributed by atoms with van der Waals surface area (Å²) < 4.78 is 41.6. The first-order valence-electron chi connectivity index (χ1n) is 6.66. The number of alkyl halides is 3. The van der Waals surface area contributed by atoms with Gasteiger partial charge in [-0.15, -0.1) is 0 Å². The van der Waals surface area contributed by atoms with Gasteiger partial charge >= 0.3 is 6.18 Å². The summed E-state index contributed by atoms with van der Waals surface area (Å²) in [5.41, 5.74) is 2.60. The van der Waals surface area contributed by atoms with Crippen LogP contribution in [-0.4, -0.2) is 24.9 Å². The number of hydrogen-bond donors (Lipinski definition) is 2. The Morgan fingerprint density at radius 3 is 2.61 bits per heavy atom. The SMILES string of the molecule is NNC(CCCC(F)(F)F)CCC1CCCCO1. The Kier molecular flexibility index (Phi) is 6.96. The molecule has 2 atom stereocenters. The summed E-state index contributed by atoms with van der Waals surface area (Å²) in [6.45, 7) is 0.805. The average Bonchev–Trinajstić information content (AvgIpc) is 2.33. The highest BCUT2D eigenvalue weighted by Crippen LogP contribution is 2.24. The van der Waals surface area contributed by atoms with Gasteiger partial charge in [-0.3, -0.25) is 11.3 Å². The fourth-order valence-corrected chi connectivity index (χ4v) is 2.28. The first-order chi connectivity index (χ1) is 8.51. The molecule has 0 aromatic heterocycles. The van der Waals surface area contributed by atoms with Gasteiger partial charge in [0.05, 0.1) is 6.10 Å². The quantitative estimate of drug-likeness (QED) is 0.551. The van der Waals surface area contributed by atoms with Crippen molar-refractivity contribution in [3.63, 3.8) is 0 Å². The van der Waals surface area contributed by atoms with Gasteiger partial charge in [0.25, 0.3) is 0 Å². The van der Waals surface area contributed by atoms with Crippen molar-refractivity contribution >= 4 is 0 Å². The third-order valence-corrected chi connectivity index (χ3v) is 3.36. The van der Waals surface area contributed by atoms with Crippen LogP contribution in [0.5, 0.6) is 0 Å². The first-order valence-corrected chi connectivity index (χ1v) is 6.66. The van der Waals surface area contributed by atoms with Crippen molar-refractivity contribution in [2.45, 2.75) is 69.7 Å². The molecule has 3 N–H and O–H groups in total. The number of ether oxygens (including phenoxy) is 1. The lowest BCUT2D eigenvalue weighted by atomic mass is 9.99. The molecule has 3 nitrogen and oxygen atoms in total. The summed E-state index contributed by atoms with van der Waals surface area (Å²) in [5, 5.41) is 0. The minimum atomic E-state index is -4.06. The van der Waals surface area contributed by atoms with Crippen molar-refractivity contribution in [3.8, 4) is 0 Å².